The normalized spacial score (nSPS) is 11.3. The van der Waals surface area contributed by atoms with Gasteiger partial charge < -0.3 is 11.1 Å². The Balaban J connectivity index is 2.17. The number of rotatable bonds is 4. The molecule has 0 atom stereocenters. The third kappa shape index (κ3) is 4.02. The molecule has 0 saturated carbocycles. The molecule has 8 heteroatoms. The molecule has 0 aliphatic rings. The molecule has 0 unspecified atom stereocenters. The van der Waals surface area contributed by atoms with Crippen LogP contribution in [0.4, 0.5) is 5.69 Å². The minimum absolute atomic E-state index is 0.0251. The molecule has 1 aromatic carbocycles. The summed E-state index contributed by atoms with van der Waals surface area (Å²) in [6.07, 6.45) is 1.07. The van der Waals surface area contributed by atoms with Crippen LogP contribution in [-0.2, 0) is 16.4 Å². The summed E-state index contributed by atoms with van der Waals surface area (Å²) in [6.45, 7) is 2.17. The van der Waals surface area contributed by atoms with Gasteiger partial charge in [0, 0.05) is 22.9 Å². The second-order valence-electron chi connectivity index (χ2n) is 4.60. The quantitative estimate of drug-likeness (QED) is 0.827. The van der Waals surface area contributed by atoms with E-state index in [1.54, 1.807) is 0 Å². The number of hydrogen-bond donors (Lipinski definition) is 2. The van der Waals surface area contributed by atoms with E-state index in [1.165, 1.54) is 29.5 Å². The smallest absolute Gasteiger partial charge is 0.251 e. The van der Waals surface area contributed by atoms with Crippen LogP contribution in [0, 0.1) is 6.92 Å². The highest BCUT2D eigenvalue weighted by Crippen LogP contribution is 2.17. The number of hydrogen-bond acceptors (Lipinski definition) is 6. The third-order valence-electron chi connectivity index (χ3n) is 2.72. The molecule has 0 radical (unpaired) electrons. The van der Waals surface area contributed by atoms with Gasteiger partial charge in [-0.2, -0.15) is 0 Å². The van der Waals surface area contributed by atoms with E-state index in [0.717, 1.165) is 17.0 Å². The highest BCUT2D eigenvalue weighted by molar-refractivity contribution is 7.90. The molecule has 3 N–H and O–H groups in total. The molecule has 6 nitrogen and oxygen atoms in total. The number of nitrogens with zero attached hydrogens (tertiary/aromatic N) is 1. The molecule has 2 rings (SSSR count). The van der Waals surface area contributed by atoms with Crippen LogP contribution in [0.15, 0.2) is 28.5 Å². The van der Waals surface area contributed by atoms with Crippen molar-refractivity contribution in [1.82, 2.24) is 10.3 Å². The SMILES string of the molecule is Cc1nc(CNC(=O)c2cc(N)cc(S(C)(=O)=O)c2)cs1. The summed E-state index contributed by atoms with van der Waals surface area (Å²) in [5.41, 5.74) is 6.85. The van der Waals surface area contributed by atoms with Gasteiger partial charge in [-0.25, -0.2) is 13.4 Å². The lowest BCUT2D eigenvalue weighted by molar-refractivity contribution is 0.0950. The number of thiazole rings is 1. The van der Waals surface area contributed by atoms with Crippen LogP contribution < -0.4 is 11.1 Å². The van der Waals surface area contributed by atoms with Crippen LogP contribution in [0.5, 0.6) is 0 Å². The average molecular weight is 325 g/mol. The van der Waals surface area contributed by atoms with Crippen LogP contribution in [0.25, 0.3) is 0 Å². The first-order chi connectivity index (χ1) is 9.75. The highest BCUT2D eigenvalue weighted by atomic mass is 32.2. The van der Waals surface area contributed by atoms with Crippen molar-refractivity contribution in [2.45, 2.75) is 18.4 Å². The summed E-state index contributed by atoms with van der Waals surface area (Å²) in [7, 11) is -3.42. The molecule has 2 aromatic rings. The molecule has 1 heterocycles. The Morgan fingerprint density at radius 1 is 1.38 bits per heavy atom. The fraction of sp³-hybridized carbons (Fsp3) is 0.231. The molecule has 1 aromatic heterocycles. The van der Waals surface area contributed by atoms with Crippen molar-refractivity contribution >= 4 is 32.8 Å². The third-order valence-corrected chi connectivity index (χ3v) is 4.63. The van der Waals surface area contributed by atoms with Crippen molar-refractivity contribution in [1.29, 1.82) is 0 Å². The topological polar surface area (TPSA) is 102 Å². The lowest BCUT2D eigenvalue weighted by Crippen LogP contribution is -2.23. The lowest BCUT2D eigenvalue weighted by atomic mass is 10.2. The summed E-state index contributed by atoms with van der Waals surface area (Å²) in [4.78, 5) is 16.3. The molecule has 0 aliphatic carbocycles. The largest absolute Gasteiger partial charge is 0.399 e. The van der Waals surface area contributed by atoms with Crippen molar-refractivity contribution < 1.29 is 13.2 Å². The zero-order valence-electron chi connectivity index (χ0n) is 11.6. The summed E-state index contributed by atoms with van der Waals surface area (Å²) in [5.74, 6) is -0.391. The Hall–Kier alpha value is -1.93. The number of nitrogens with one attached hydrogen (secondary N) is 1. The second kappa shape index (κ2) is 5.82. The van der Waals surface area contributed by atoms with Crippen LogP contribution in [0.2, 0.25) is 0 Å². The van der Waals surface area contributed by atoms with E-state index >= 15 is 0 Å². The summed E-state index contributed by atoms with van der Waals surface area (Å²) in [6, 6.07) is 4.08. The Labute approximate surface area is 126 Å². The maximum Gasteiger partial charge on any atom is 0.251 e. The van der Waals surface area contributed by atoms with Gasteiger partial charge in [-0.15, -0.1) is 11.3 Å². The molecule has 112 valence electrons. The van der Waals surface area contributed by atoms with Gasteiger partial charge in [0.2, 0.25) is 0 Å². The van der Waals surface area contributed by atoms with E-state index in [9.17, 15) is 13.2 Å². The molecular weight excluding hydrogens is 310 g/mol. The number of nitrogens with two attached hydrogens (primary N) is 1. The molecule has 0 aliphatic heterocycles. The number of carbonyl (C=O) groups is 1. The number of nitrogen functional groups attached to an aromatic ring is 1. The van der Waals surface area contributed by atoms with Crippen LogP contribution in [0.1, 0.15) is 21.1 Å². The van der Waals surface area contributed by atoms with Crippen LogP contribution >= 0.6 is 11.3 Å². The predicted octanol–water partition coefficient (Wildman–Crippen LogP) is 1.37. The second-order valence-corrected chi connectivity index (χ2v) is 7.68. The highest BCUT2D eigenvalue weighted by Gasteiger charge is 2.13. The standard InChI is InChI=1S/C13H15N3O3S2/c1-8-16-11(7-20-8)6-15-13(17)9-3-10(14)5-12(4-9)21(2,18)19/h3-5,7H,6,14H2,1-2H3,(H,15,17). The van der Waals surface area contributed by atoms with Gasteiger partial charge in [0.05, 0.1) is 22.1 Å². The maximum absolute atomic E-state index is 12.1. The van der Waals surface area contributed by atoms with Crippen molar-refractivity contribution in [3.63, 3.8) is 0 Å². The number of carbonyl (C=O) groups excluding carboxylic acids is 1. The van der Waals surface area contributed by atoms with Crippen molar-refractivity contribution in [3.8, 4) is 0 Å². The molecule has 1 amide bonds. The van der Waals surface area contributed by atoms with E-state index < -0.39 is 15.7 Å². The average Bonchev–Trinajstić information content (AvgIpc) is 2.80. The van der Waals surface area contributed by atoms with Gasteiger partial charge in [-0.05, 0) is 25.1 Å². The van der Waals surface area contributed by atoms with Crippen molar-refractivity contribution in [2.24, 2.45) is 0 Å². The van der Waals surface area contributed by atoms with Crippen molar-refractivity contribution in [3.05, 3.63) is 39.8 Å². The first kappa shape index (κ1) is 15.5. The number of benzene rings is 1. The minimum Gasteiger partial charge on any atom is -0.399 e. The summed E-state index contributed by atoms with van der Waals surface area (Å²) >= 11 is 1.50. The first-order valence-electron chi connectivity index (χ1n) is 6.05. The monoisotopic (exact) mass is 325 g/mol. The van der Waals surface area contributed by atoms with E-state index in [0.29, 0.717) is 0 Å². The lowest BCUT2D eigenvalue weighted by Gasteiger charge is -2.07. The molecule has 0 spiro atoms. The first-order valence-corrected chi connectivity index (χ1v) is 8.82. The predicted molar refractivity (Wildman–Crippen MR) is 82.0 cm³/mol. The van der Waals surface area contributed by atoms with Gasteiger partial charge in [0.1, 0.15) is 0 Å². The van der Waals surface area contributed by atoms with Gasteiger partial charge in [-0.3, -0.25) is 4.79 Å². The number of amides is 1. The van der Waals surface area contributed by atoms with Gasteiger partial charge in [-0.1, -0.05) is 0 Å². The van der Waals surface area contributed by atoms with E-state index in [4.69, 9.17) is 5.73 Å². The van der Waals surface area contributed by atoms with Gasteiger partial charge in [0.25, 0.3) is 5.91 Å². The molecule has 0 bridgehead atoms. The van der Waals surface area contributed by atoms with Crippen LogP contribution in [-0.4, -0.2) is 25.6 Å². The van der Waals surface area contributed by atoms with E-state index in [1.807, 2.05) is 12.3 Å². The number of aromatic nitrogens is 1. The summed E-state index contributed by atoms with van der Waals surface area (Å²) < 4.78 is 23.1. The number of sulfone groups is 1. The Morgan fingerprint density at radius 2 is 2.10 bits per heavy atom. The zero-order chi connectivity index (χ0) is 15.6. The Bertz CT molecular complexity index is 782. The fourth-order valence-electron chi connectivity index (χ4n) is 1.73. The van der Waals surface area contributed by atoms with Gasteiger partial charge in [0.15, 0.2) is 9.84 Å². The fourth-order valence-corrected chi connectivity index (χ4v) is 3.03. The molecule has 0 saturated heterocycles. The molecular formula is C13H15N3O3S2. The minimum atomic E-state index is -3.42. The van der Waals surface area contributed by atoms with Crippen molar-refractivity contribution in [2.75, 3.05) is 12.0 Å². The number of anilines is 1. The van der Waals surface area contributed by atoms with Crippen LogP contribution in [0.3, 0.4) is 0 Å². The molecule has 0 fully saturated rings. The zero-order valence-corrected chi connectivity index (χ0v) is 13.2. The summed E-state index contributed by atoms with van der Waals surface area (Å²) in [5, 5.41) is 5.47. The Morgan fingerprint density at radius 3 is 2.67 bits per heavy atom. The van der Waals surface area contributed by atoms with E-state index in [2.05, 4.69) is 10.3 Å². The molecule has 21 heavy (non-hydrogen) atoms. The van der Waals surface area contributed by atoms with E-state index in [-0.39, 0.29) is 22.7 Å². The van der Waals surface area contributed by atoms with Gasteiger partial charge >= 0.3 is 0 Å². The Kier molecular flexibility index (Phi) is 4.29. The maximum atomic E-state index is 12.1. The number of aryl methyl sites for hydroxylation is 1.